The Morgan fingerprint density at radius 2 is 2.00 bits per heavy atom. The Balaban J connectivity index is 3.21. The Bertz CT molecular complexity index is 457. The van der Waals surface area contributed by atoms with Gasteiger partial charge in [0.1, 0.15) is 4.90 Å². The predicted octanol–water partition coefficient (Wildman–Crippen LogP) is 1.61. The molecule has 0 heterocycles. The van der Waals surface area contributed by atoms with Gasteiger partial charge in [-0.15, -0.1) is 0 Å². The van der Waals surface area contributed by atoms with Crippen molar-refractivity contribution in [2.24, 2.45) is 0 Å². The number of benzene rings is 1. The molecule has 0 radical (unpaired) electrons. The third-order valence-electron chi connectivity index (χ3n) is 1.64. The molecule has 0 atom stereocenters. The fourth-order valence-electron chi connectivity index (χ4n) is 1.10. The van der Waals surface area contributed by atoms with Gasteiger partial charge in [-0.05, 0) is 32.0 Å². The number of sulfonamides is 1. The second-order valence-corrected chi connectivity index (χ2v) is 5.56. The van der Waals surface area contributed by atoms with Gasteiger partial charge in [0.05, 0.1) is 5.02 Å². The Morgan fingerprint density at radius 3 is 2.53 bits per heavy atom. The molecule has 1 aromatic carbocycles. The highest BCUT2D eigenvalue weighted by atomic mass is 35.5. The van der Waals surface area contributed by atoms with E-state index in [1.54, 1.807) is 19.9 Å². The van der Waals surface area contributed by atoms with E-state index in [9.17, 15) is 8.42 Å². The van der Waals surface area contributed by atoms with E-state index < -0.39 is 10.0 Å². The van der Waals surface area contributed by atoms with E-state index >= 15 is 0 Å². The number of nitrogen functional groups attached to an aromatic ring is 1. The molecule has 3 N–H and O–H groups in total. The molecule has 15 heavy (non-hydrogen) atoms. The van der Waals surface area contributed by atoms with Crippen molar-refractivity contribution < 1.29 is 8.42 Å². The SMILES string of the molecule is CC(C)NS(=O)(=O)c1cc(N)ccc1Cl. The van der Waals surface area contributed by atoms with E-state index in [0.29, 0.717) is 5.69 Å². The molecule has 0 fully saturated rings. The average molecular weight is 249 g/mol. The normalized spacial score (nSPS) is 12.0. The highest BCUT2D eigenvalue weighted by molar-refractivity contribution is 7.89. The first kappa shape index (κ1) is 12.3. The molecule has 0 saturated carbocycles. The van der Waals surface area contributed by atoms with Crippen LogP contribution in [0.3, 0.4) is 0 Å². The fraction of sp³-hybridized carbons (Fsp3) is 0.333. The monoisotopic (exact) mass is 248 g/mol. The number of nitrogens with one attached hydrogen (secondary N) is 1. The zero-order chi connectivity index (χ0) is 11.6. The van der Waals surface area contributed by atoms with Gasteiger partial charge in [0, 0.05) is 11.7 Å². The third-order valence-corrected chi connectivity index (χ3v) is 3.78. The van der Waals surface area contributed by atoms with Gasteiger partial charge in [-0.3, -0.25) is 0 Å². The quantitative estimate of drug-likeness (QED) is 0.799. The smallest absolute Gasteiger partial charge is 0.242 e. The van der Waals surface area contributed by atoms with Gasteiger partial charge in [-0.25, -0.2) is 13.1 Å². The third kappa shape index (κ3) is 3.09. The second-order valence-electron chi connectivity index (χ2n) is 3.47. The molecule has 1 aromatic rings. The summed E-state index contributed by atoms with van der Waals surface area (Å²) in [7, 11) is -3.57. The van der Waals surface area contributed by atoms with Crippen molar-refractivity contribution in [2.45, 2.75) is 24.8 Å². The Kier molecular flexibility index (Phi) is 3.59. The van der Waals surface area contributed by atoms with E-state index in [4.69, 9.17) is 17.3 Å². The van der Waals surface area contributed by atoms with Gasteiger partial charge in [-0.1, -0.05) is 11.6 Å². The number of hydrogen-bond acceptors (Lipinski definition) is 3. The van der Waals surface area contributed by atoms with E-state index in [0.717, 1.165) is 0 Å². The van der Waals surface area contributed by atoms with Gasteiger partial charge in [0.2, 0.25) is 10.0 Å². The molecule has 6 heteroatoms. The first-order valence-electron chi connectivity index (χ1n) is 4.40. The first-order chi connectivity index (χ1) is 6.83. The van der Waals surface area contributed by atoms with E-state index in [-0.39, 0.29) is 16.0 Å². The summed E-state index contributed by atoms with van der Waals surface area (Å²) in [4.78, 5) is 0.0119. The summed E-state index contributed by atoms with van der Waals surface area (Å²) in [6, 6.07) is 4.17. The lowest BCUT2D eigenvalue weighted by Crippen LogP contribution is -2.30. The van der Waals surface area contributed by atoms with Gasteiger partial charge in [0.15, 0.2) is 0 Å². The Morgan fingerprint density at radius 1 is 1.40 bits per heavy atom. The minimum absolute atomic E-state index is 0.0119. The van der Waals surface area contributed by atoms with Crippen LogP contribution >= 0.6 is 11.6 Å². The molecule has 0 aliphatic rings. The number of nitrogens with two attached hydrogens (primary N) is 1. The lowest BCUT2D eigenvalue weighted by Gasteiger charge is -2.11. The van der Waals surface area contributed by atoms with E-state index in [1.165, 1.54) is 12.1 Å². The van der Waals surface area contributed by atoms with Gasteiger partial charge in [0.25, 0.3) is 0 Å². The van der Waals surface area contributed by atoms with E-state index in [2.05, 4.69) is 4.72 Å². The predicted molar refractivity (Wildman–Crippen MR) is 61.3 cm³/mol. The Labute approximate surface area is 94.5 Å². The summed E-state index contributed by atoms with van der Waals surface area (Å²) in [6.45, 7) is 3.47. The van der Waals surface area contributed by atoms with Crippen molar-refractivity contribution in [3.8, 4) is 0 Å². The van der Waals surface area contributed by atoms with Crippen LogP contribution in [0.15, 0.2) is 23.1 Å². The maximum atomic E-state index is 11.8. The zero-order valence-electron chi connectivity index (χ0n) is 8.49. The maximum absolute atomic E-state index is 11.8. The van der Waals surface area contributed by atoms with Crippen LogP contribution in [-0.2, 0) is 10.0 Å². The van der Waals surface area contributed by atoms with Crippen molar-refractivity contribution in [1.82, 2.24) is 4.72 Å². The summed E-state index contributed by atoms with van der Waals surface area (Å²) in [5.41, 5.74) is 5.87. The number of hydrogen-bond donors (Lipinski definition) is 2. The van der Waals surface area contributed by atoms with E-state index in [1.807, 2.05) is 0 Å². The molecular weight excluding hydrogens is 236 g/mol. The van der Waals surface area contributed by atoms with Crippen LogP contribution in [0.5, 0.6) is 0 Å². The van der Waals surface area contributed by atoms with Crippen molar-refractivity contribution >= 4 is 27.3 Å². The number of rotatable bonds is 3. The van der Waals surface area contributed by atoms with Crippen LogP contribution in [0.4, 0.5) is 5.69 Å². The van der Waals surface area contributed by atoms with Crippen molar-refractivity contribution in [1.29, 1.82) is 0 Å². The van der Waals surface area contributed by atoms with Crippen LogP contribution in [0.2, 0.25) is 5.02 Å². The standard InChI is InChI=1S/C9H13ClN2O2S/c1-6(2)12-15(13,14)9-5-7(11)3-4-8(9)10/h3-6,12H,11H2,1-2H3. The van der Waals surface area contributed by atoms with Crippen molar-refractivity contribution in [3.05, 3.63) is 23.2 Å². The summed E-state index contributed by atoms with van der Waals surface area (Å²) in [5, 5.41) is 0.164. The number of anilines is 1. The summed E-state index contributed by atoms with van der Waals surface area (Å²) >= 11 is 5.79. The molecule has 0 amide bonds. The molecule has 84 valence electrons. The van der Waals surface area contributed by atoms with Crippen molar-refractivity contribution in [3.63, 3.8) is 0 Å². The molecule has 0 saturated heterocycles. The average Bonchev–Trinajstić information content (AvgIpc) is 2.06. The van der Waals surface area contributed by atoms with Crippen LogP contribution < -0.4 is 10.5 Å². The summed E-state index contributed by atoms with van der Waals surface area (Å²) in [6.07, 6.45) is 0. The highest BCUT2D eigenvalue weighted by Gasteiger charge is 2.18. The molecule has 0 aliphatic carbocycles. The molecule has 0 aromatic heterocycles. The summed E-state index contributed by atoms with van der Waals surface area (Å²) < 4.78 is 26.0. The molecule has 0 aliphatic heterocycles. The van der Waals surface area contributed by atoms with Crippen LogP contribution in [0.1, 0.15) is 13.8 Å². The topological polar surface area (TPSA) is 72.2 Å². The van der Waals surface area contributed by atoms with Crippen LogP contribution in [0.25, 0.3) is 0 Å². The molecule has 4 nitrogen and oxygen atoms in total. The largest absolute Gasteiger partial charge is 0.399 e. The summed E-state index contributed by atoms with van der Waals surface area (Å²) in [5.74, 6) is 0. The molecular formula is C9H13ClN2O2S. The highest BCUT2D eigenvalue weighted by Crippen LogP contribution is 2.23. The molecule has 0 unspecified atom stereocenters. The van der Waals surface area contributed by atoms with Gasteiger partial charge < -0.3 is 5.73 Å². The Hall–Kier alpha value is -0.780. The molecule has 1 rings (SSSR count). The second kappa shape index (κ2) is 4.38. The first-order valence-corrected chi connectivity index (χ1v) is 6.26. The lowest BCUT2D eigenvalue weighted by atomic mass is 10.3. The fourth-order valence-corrected chi connectivity index (χ4v) is 2.89. The zero-order valence-corrected chi connectivity index (χ0v) is 10.1. The van der Waals surface area contributed by atoms with Crippen molar-refractivity contribution in [2.75, 3.05) is 5.73 Å². The van der Waals surface area contributed by atoms with Crippen LogP contribution in [-0.4, -0.2) is 14.5 Å². The molecule has 0 bridgehead atoms. The lowest BCUT2D eigenvalue weighted by molar-refractivity contribution is 0.570. The maximum Gasteiger partial charge on any atom is 0.242 e. The molecule has 0 spiro atoms. The van der Waals surface area contributed by atoms with Crippen LogP contribution in [0, 0.1) is 0 Å². The van der Waals surface area contributed by atoms with Gasteiger partial charge >= 0.3 is 0 Å². The number of halogens is 1. The minimum atomic E-state index is -3.57. The van der Waals surface area contributed by atoms with Gasteiger partial charge in [-0.2, -0.15) is 0 Å². The minimum Gasteiger partial charge on any atom is -0.399 e.